The van der Waals surface area contributed by atoms with Crippen LogP contribution in [0.25, 0.3) is 0 Å². The minimum atomic E-state index is 0.243. The van der Waals surface area contributed by atoms with Crippen LogP contribution in [0.2, 0.25) is 0 Å². The van der Waals surface area contributed by atoms with Gasteiger partial charge >= 0.3 is 0 Å². The number of likely N-dealkylation sites (N-methyl/N-ethyl adjacent to an activating group) is 2. The van der Waals surface area contributed by atoms with Gasteiger partial charge in [0.05, 0.1) is 25.0 Å². The second-order valence-electron chi connectivity index (χ2n) is 4.29. The highest BCUT2D eigenvalue weighted by Crippen LogP contribution is 2.25. The number of aryl methyl sites for hydroxylation is 1. The molecule has 0 saturated heterocycles. The predicted octanol–water partition coefficient (Wildman–Crippen LogP) is 1.12. The maximum absolute atomic E-state index is 5.39. The molecule has 98 valence electrons. The molecular formula is C12H24N4O. The van der Waals surface area contributed by atoms with E-state index in [0.29, 0.717) is 0 Å². The van der Waals surface area contributed by atoms with Crippen LogP contribution in [0.3, 0.4) is 0 Å². The molecule has 5 heteroatoms. The van der Waals surface area contributed by atoms with Gasteiger partial charge < -0.3 is 15.0 Å². The average molecular weight is 240 g/mol. The molecule has 0 saturated carbocycles. The first kappa shape index (κ1) is 14.0. The molecule has 1 N–H and O–H groups in total. The van der Waals surface area contributed by atoms with E-state index in [4.69, 9.17) is 4.74 Å². The number of aromatic nitrogens is 2. The normalized spacial score (nSPS) is 13.1. The molecule has 1 aromatic heterocycles. The van der Waals surface area contributed by atoms with Crippen LogP contribution in [0, 0.1) is 0 Å². The van der Waals surface area contributed by atoms with Crippen LogP contribution in [0.4, 0.5) is 0 Å². The van der Waals surface area contributed by atoms with Crippen molar-refractivity contribution >= 4 is 0 Å². The summed E-state index contributed by atoms with van der Waals surface area (Å²) in [6.45, 7) is 6.91. The van der Waals surface area contributed by atoms with E-state index in [1.807, 2.05) is 4.68 Å². The molecule has 1 unspecified atom stereocenters. The van der Waals surface area contributed by atoms with Crippen molar-refractivity contribution in [1.82, 2.24) is 20.0 Å². The molecule has 17 heavy (non-hydrogen) atoms. The Morgan fingerprint density at radius 1 is 1.47 bits per heavy atom. The summed E-state index contributed by atoms with van der Waals surface area (Å²) in [5.41, 5.74) is 1.13. The van der Waals surface area contributed by atoms with E-state index in [0.717, 1.165) is 31.1 Å². The van der Waals surface area contributed by atoms with Crippen molar-refractivity contribution in [2.24, 2.45) is 0 Å². The number of nitrogens with zero attached hydrogens (tertiary/aromatic N) is 3. The van der Waals surface area contributed by atoms with Crippen LogP contribution in [0.1, 0.15) is 25.6 Å². The number of hydrogen-bond acceptors (Lipinski definition) is 4. The SMILES string of the molecule is CCNC(CN(C)C)c1c(OC)cnn1CC. The molecule has 0 amide bonds. The topological polar surface area (TPSA) is 42.3 Å². The Hall–Kier alpha value is -1.07. The van der Waals surface area contributed by atoms with Gasteiger partial charge in [0, 0.05) is 13.1 Å². The molecule has 0 bridgehead atoms. The van der Waals surface area contributed by atoms with Gasteiger partial charge in [-0.05, 0) is 27.6 Å². The Morgan fingerprint density at radius 3 is 2.65 bits per heavy atom. The van der Waals surface area contributed by atoms with Crippen molar-refractivity contribution in [2.45, 2.75) is 26.4 Å². The van der Waals surface area contributed by atoms with Gasteiger partial charge in [-0.3, -0.25) is 4.68 Å². The lowest BCUT2D eigenvalue weighted by atomic mass is 10.1. The molecule has 1 atom stereocenters. The molecule has 0 radical (unpaired) electrons. The van der Waals surface area contributed by atoms with E-state index in [1.54, 1.807) is 13.3 Å². The van der Waals surface area contributed by atoms with Crippen LogP contribution >= 0.6 is 0 Å². The fraction of sp³-hybridized carbons (Fsp3) is 0.750. The van der Waals surface area contributed by atoms with E-state index in [2.05, 4.69) is 43.3 Å². The Balaban J connectivity index is 3.01. The van der Waals surface area contributed by atoms with Crippen molar-refractivity contribution in [1.29, 1.82) is 0 Å². The van der Waals surface area contributed by atoms with Crippen molar-refractivity contribution in [3.63, 3.8) is 0 Å². The lowest BCUT2D eigenvalue weighted by Crippen LogP contribution is -2.33. The zero-order valence-electron chi connectivity index (χ0n) is 11.5. The van der Waals surface area contributed by atoms with Crippen LogP contribution in [0.15, 0.2) is 6.20 Å². The van der Waals surface area contributed by atoms with E-state index in [1.165, 1.54) is 0 Å². The van der Waals surface area contributed by atoms with Crippen molar-refractivity contribution in [2.75, 3.05) is 34.3 Å². The minimum absolute atomic E-state index is 0.243. The van der Waals surface area contributed by atoms with Crippen molar-refractivity contribution in [3.8, 4) is 5.75 Å². The van der Waals surface area contributed by atoms with E-state index in [-0.39, 0.29) is 6.04 Å². The van der Waals surface area contributed by atoms with Crippen LogP contribution in [0.5, 0.6) is 5.75 Å². The highest BCUT2D eigenvalue weighted by molar-refractivity contribution is 5.28. The number of rotatable bonds is 7. The van der Waals surface area contributed by atoms with Crippen molar-refractivity contribution < 1.29 is 4.74 Å². The Bertz CT molecular complexity index is 314. The van der Waals surface area contributed by atoms with Gasteiger partial charge in [0.2, 0.25) is 0 Å². The number of hydrogen-bond donors (Lipinski definition) is 1. The fourth-order valence-corrected chi connectivity index (χ4v) is 2.00. The first-order valence-electron chi connectivity index (χ1n) is 6.11. The molecule has 0 aromatic carbocycles. The van der Waals surface area contributed by atoms with Gasteiger partial charge in [0.1, 0.15) is 0 Å². The molecule has 1 heterocycles. The highest BCUT2D eigenvalue weighted by atomic mass is 16.5. The molecule has 0 fully saturated rings. The third kappa shape index (κ3) is 3.44. The number of ether oxygens (including phenoxy) is 1. The van der Waals surface area contributed by atoms with E-state index < -0.39 is 0 Å². The monoisotopic (exact) mass is 240 g/mol. The molecule has 1 aromatic rings. The van der Waals surface area contributed by atoms with Gasteiger partial charge in [-0.2, -0.15) is 5.10 Å². The third-order valence-corrected chi connectivity index (χ3v) is 2.69. The Kier molecular flexibility index (Phi) is 5.44. The summed E-state index contributed by atoms with van der Waals surface area (Å²) in [6.07, 6.45) is 1.79. The summed E-state index contributed by atoms with van der Waals surface area (Å²) in [6, 6.07) is 0.243. The van der Waals surface area contributed by atoms with Crippen molar-refractivity contribution in [3.05, 3.63) is 11.9 Å². The van der Waals surface area contributed by atoms with Gasteiger partial charge in [-0.1, -0.05) is 6.92 Å². The largest absolute Gasteiger partial charge is 0.493 e. The van der Waals surface area contributed by atoms with Crippen LogP contribution < -0.4 is 10.1 Å². The Morgan fingerprint density at radius 2 is 2.18 bits per heavy atom. The second-order valence-corrected chi connectivity index (χ2v) is 4.29. The average Bonchev–Trinajstić information content (AvgIpc) is 2.70. The maximum Gasteiger partial charge on any atom is 0.161 e. The van der Waals surface area contributed by atoms with E-state index >= 15 is 0 Å². The number of methoxy groups -OCH3 is 1. The maximum atomic E-state index is 5.39. The third-order valence-electron chi connectivity index (χ3n) is 2.69. The number of nitrogens with one attached hydrogen (secondary N) is 1. The fourth-order valence-electron chi connectivity index (χ4n) is 2.00. The molecule has 5 nitrogen and oxygen atoms in total. The van der Waals surface area contributed by atoms with Gasteiger partial charge in [-0.25, -0.2) is 0 Å². The standard InChI is InChI=1S/C12H24N4O/c1-6-13-10(9-15(3)4)12-11(17-5)8-14-16(12)7-2/h8,10,13H,6-7,9H2,1-5H3. The summed E-state index contributed by atoms with van der Waals surface area (Å²) in [5, 5.41) is 7.83. The summed E-state index contributed by atoms with van der Waals surface area (Å²) < 4.78 is 7.39. The van der Waals surface area contributed by atoms with Gasteiger partial charge in [-0.15, -0.1) is 0 Å². The molecule has 0 aliphatic carbocycles. The molecule has 0 aliphatic rings. The van der Waals surface area contributed by atoms with Gasteiger partial charge in [0.15, 0.2) is 5.75 Å². The molecular weight excluding hydrogens is 216 g/mol. The summed E-state index contributed by atoms with van der Waals surface area (Å²) in [4.78, 5) is 2.17. The predicted molar refractivity (Wildman–Crippen MR) is 69.4 cm³/mol. The zero-order chi connectivity index (χ0) is 12.8. The second kappa shape index (κ2) is 6.61. The highest BCUT2D eigenvalue weighted by Gasteiger charge is 2.21. The van der Waals surface area contributed by atoms with Crippen LogP contribution in [-0.2, 0) is 6.54 Å². The zero-order valence-corrected chi connectivity index (χ0v) is 11.5. The smallest absolute Gasteiger partial charge is 0.161 e. The lowest BCUT2D eigenvalue weighted by Gasteiger charge is -2.23. The Labute approximate surface area is 104 Å². The first-order valence-corrected chi connectivity index (χ1v) is 6.11. The lowest BCUT2D eigenvalue weighted by molar-refractivity contribution is 0.322. The quantitative estimate of drug-likeness (QED) is 0.775. The molecule has 0 spiro atoms. The summed E-state index contributed by atoms with van der Waals surface area (Å²) in [7, 11) is 5.84. The minimum Gasteiger partial charge on any atom is -0.493 e. The summed E-state index contributed by atoms with van der Waals surface area (Å²) in [5.74, 6) is 0.861. The van der Waals surface area contributed by atoms with E-state index in [9.17, 15) is 0 Å². The summed E-state index contributed by atoms with van der Waals surface area (Å²) >= 11 is 0. The first-order chi connectivity index (χ1) is 8.13. The molecule has 0 aliphatic heterocycles. The van der Waals surface area contributed by atoms with Crippen LogP contribution in [-0.4, -0.2) is 49.0 Å². The van der Waals surface area contributed by atoms with Gasteiger partial charge in [0.25, 0.3) is 0 Å². The molecule has 1 rings (SSSR count).